The number of carbonyl (C=O) groups excluding carboxylic acids is 1. The number of benzene rings is 2. The van der Waals surface area contributed by atoms with Crippen molar-refractivity contribution in [3.63, 3.8) is 0 Å². The summed E-state index contributed by atoms with van der Waals surface area (Å²) in [5, 5.41) is 0. The first-order valence-electron chi connectivity index (χ1n) is 8.39. The average molecular weight is 355 g/mol. The molecule has 5 nitrogen and oxygen atoms in total. The molecule has 0 aliphatic carbocycles. The Kier molecular flexibility index (Phi) is 7.71. The molecule has 138 valence electrons. The van der Waals surface area contributed by atoms with Crippen LogP contribution in [-0.2, 0) is 16.1 Å². The Hall–Kier alpha value is -2.79. The van der Waals surface area contributed by atoms with E-state index in [9.17, 15) is 4.79 Å². The van der Waals surface area contributed by atoms with E-state index in [1.54, 1.807) is 38.4 Å². The van der Waals surface area contributed by atoms with Gasteiger partial charge in [-0.15, -0.1) is 0 Å². The first-order chi connectivity index (χ1) is 12.7. The maximum Gasteiger partial charge on any atom is 0.246 e. The molecule has 2 rings (SSSR count). The van der Waals surface area contributed by atoms with E-state index in [0.717, 1.165) is 11.1 Å². The lowest BCUT2D eigenvalue weighted by Crippen LogP contribution is -2.32. The van der Waals surface area contributed by atoms with Crippen LogP contribution in [0.4, 0.5) is 0 Å². The largest absolute Gasteiger partial charge is 0.497 e. The number of nitrogens with zero attached hydrogens (tertiary/aromatic N) is 1. The van der Waals surface area contributed by atoms with E-state index in [-0.39, 0.29) is 5.91 Å². The SMILES string of the molecule is COCCN(Cc1ccccc1)C(=O)C=Cc1cc(OC)ccc1OC. The molecule has 2 aromatic rings. The summed E-state index contributed by atoms with van der Waals surface area (Å²) in [7, 11) is 4.83. The minimum atomic E-state index is -0.0872. The maximum absolute atomic E-state index is 12.7. The van der Waals surface area contributed by atoms with Crippen LogP contribution in [0.1, 0.15) is 11.1 Å². The Bertz CT molecular complexity index is 728. The van der Waals surface area contributed by atoms with Crippen molar-refractivity contribution in [2.75, 3.05) is 34.5 Å². The van der Waals surface area contributed by atoms with E-state index in [4.69, 9.17) is 14.2 Å². The Morgan fingerprint density at radius 3 is 2.46 bits per heavy atom. The van der Waals surface area contributed by atoms with Crippen molar-refractivity contribution in [2.24, 2.45) is 0 Å². The van der Waals surface area contributed by atoms with Crippen LogP contribution < -0.4 is 9.47 Å². The molecule has 0 spiro atoms. The molecular formula is C21H25NO4. The van der Waals surface area contributed by atoms with Crippen molar-refractivity contribution in [1.29, 1.82) is 0 Å². The van der Waals surface area contributed by atoms with Gasteiger partial charge >= 0.3 is 0 Å². The van der Waals surface area contributed by atoms with Gasteiger partial charge in [0.05, 0.1) is 20.8 Å². The first kappa shape index (κ1) is 19.5. The van der Waals surface area contributed by atoms with Crippen LogP contribution in [0.15, 0.2) is 54.6 Å². The van der Waals surface area contributed by atoms with E-state index < -0.39 is 0 Å². The molecule has 0 aliphatic heterocycles. The van der Waals surface area contributed by atoms with Crippen molar-refractivity contribution < 1.29 is 19.0 Å². The van der Waals surface area contributed by atoms with E-state index in [1.165, 1.54) is 0 Å². The summed E-state index contributed by atoms with van der Waals surface area (Å²) >= 11 is 0. The van der Waals surface area contributed by atoms with Gasteiger partial charge in [0, 0.05) is 31.8 Å². The molecule has 0 N–H and O–H groups in total. The van der Waals surface area contributed by atoms with Crippen molar-refractivity contribution in [3.05, 3.63) is 65.7 Å². The van der Waals surface area contributed by atoms with Gasteiger partial charge in [0.25, 0.3) is 0 Å². The molecule has 2 aromatic carbocycles. The van der Waals surface area contributed by atoms with Gasteiger partial charge < -0.3 is 19.1 Å². The molecule has 0 heterocycles. The van der Waals surface area contributed by atoms with Gasteiger partial charge in [0.15, 0.2) is 0 Å². The molecule has 5 heteroatoms. The second-order valence-corrected chi connectivity index (χ2v) is 5.68. The van der Waals surface area contributed by atoms with Gasteiger partial charge in [-0.2, -0.15) is 0 Å². The van der Waals surface area contributed by atoms with Gasteiger partial charge in [0.2, 0.25) is 5.91 Å². The zero-order valence-electron chi connectivity index (χ0n) is 15.5. The summed E-state index contributed by atoms with van der Waals surface area (Å²) in [6, 6.07) is 15.4. The fraction of sp³-hybridized carbons (Fsp3) is 0.286. The Morgan fingerprint density at radius 1 is 1.04 bits per heavy atom. The first-order valence-corrected chi connectivity index (χ1v) is 8.39. The lowest BCUT2D eigenvalue weighted by Gasteiger charge is -2.21. The topological polar surface area (TPSA) is 48.0 Å². The van der Waals surface area contributed by atoms with Gasteiger partial charge in [-0.25, -0.2) is 0 Å². The van der Waals surface area contributed by atoms with Crippen molar-refractivity contribution in [1.82, 2.24) is 4.90 Å². The molecule has 0 aliphatic rings. The minimum absolute atomic E-state index is 0.0872. The molecular weight excluding hydrogens is 330 g/mol. The molecule has 0 saturated carbocycles. The third-order valence-corrected chi connectivity index (χ3v) is 3.94. The summed E-state index contributed by atoms with van der Waals surface area (Å²) in [6.45, 7) is 1.53. The van der Waals surface area contributed by atoms with Crippen LogP contribution in [0.25, 0.3) is 6.08 Å². The maximum atomic E-state index is 12.7. The predicted octanol–water partition coefficient (Wildman–Crippen LogP) is 3.39. The highest BCUT2D eigenvalue weighted by Crippen LogP contribution is 2.25. The monoisotopic (exact) mass is 355 g/mol. The molecule has 1 amide bonds. The summed E-state index contributed by atoms with van der Waals surface area (Å²) < 4.78 is 15.7. The van der Waals surface area contributed by atoms with Crippen LogP contribution in [0, 0.1) is 0 Å². The third kappa shape index (κ3) is 5.63. The Labute approximate surface area is 154 Å². The number of hydrogen-bond donors (Lipinski definition) is 0. The van der Waals surface area contributed by atoms with Crippen molar-refractivity contribution in [3.8, 4) is 11.5 Å². The highest BCUT2D eigenvalue weighted by Gasteiger charge is 2.11. The molecule has 26 heavy (non-hydrogen) atoms. The van der Waals surface area contributed by atoms with Crippen molar-refractivity contribution in [2.45, 2.75) is 6.54 Å². The zero-order chi connectivity index (χ0) is 18.8. The second-order valence-electron chi connectivity index (χ2n) is 5.68. The van der Waals surface area contributed by atoms with E-state index in [2.05, 4.69) is 0 Å². The van der Waals surface area contributed by atoms with Crippen molar-refractivity contribution >= 4 is 12.0 Å². The normalized spacial score (nSPS) is 10.7. The number of carbonyl (C=O) groups is 1. The summed E-state index contributed by atoms with van der Waals surface area (Å²) in [4.78, 5) is 14.4. The van der Waals surface area contributed by atoms with Crippen LogP contribution in [0.5, 0.6) is 11.5 Å². The fourth-order valence-corrected chi connectivity index (χ4v) is 2.51. The van der Waals surface area contributed by atoms with Gasteiger partial charge in [-0.3, -0.25) is 4.79 Å². The number of ether oxygens (including phenoxy) is 3. The number of methoxy groups -OCH3 is 3. The molecule has 0 atom stereocenters. The highest BCUT2D eigenvalue weighted by molar-refractivity contribution is 5.92. The Balaban J connectivity index is 2.16. The number of hydrogen-bond acceptors (Lipinski definition) is 4. The van der Waals surface area contributed by atoms with E-state index in [1.807, 2.05) is 48.5 Å². The van der Waals surface area contributed by atoms with Crippen LogP contribution in [0.2, 0.25) is 0 Å². The summed E-state index contributed by atoms with van der Waals surface area (Å²) in [5.41, 5.74) is 1.86. The molecule has 0 radical (unpaired) electrons. The minimum Gasteiger partial charge on any atom is -0.497 e. The number of amides is 1. The van der Waals surface area contributed by atoms with Crippen LogP contribution in [-0.4, -0.2) is 45.3 Å². The molecule has 0 saturated heterocycles. The standard InChI is InChI=1S/C21H25NO4/c1-24-14-13-22(16-17-7-5-4-6-8-17)21(23)12-9-18-15-19(25-2)10-11-20(18)26-3/h4-12,15H,13-14,16H2,1-3H3. The smallest absolute Gasteiger partial charge is 0.246 e. The molecule has 0 fully saturated rings. The van der Waals surface area contributed by atoms with Gasteiger partial charge in [0.1, 0.15) is 11.5 Å². The lowest BCUT2D eigenvalue weighted by molar-refractivity contribution is -0.127. The fourth-order valence-electron chi connectivity index (χ4n) is 2.51. The third-order valence-electron chi connectivity index (χ3n) is 3.94. The highest BCUT2D eigenvalue weighted by atomic mass is 16.5. The number of rotatable bonds is 9. The summed E-state index contributed by atoms with van der Waals surface area (Å²) in [6.07, 6.45) is 3.30. The molecule has 0 unspecified atom stereocenters. The van der Waals surface area contributed by atoms with Crippen LogP contribution >= 0.6 is 0 Å². The van der Waals surface area contributed by atoms with E-state index in [0.29, 0.717) is 31.2 Å². The van der Waals surface area contributed by atoms with Gasteiger partial charge in [-0.1, -0.05) is 30.3 Å². The predicted molar refractivity (Wildman–Crippen MR) is 102 cm³/mol. The molecule has 0 aromatic heterocycles. The summed E-state index contributed by atoms with van der Waals surface area (Å²) in [5.74, 6) is 1.30. The van der Waals surface area contributed by atoms with Crippen LogP contribution in [0.3, 0.4) is 0 Å². The molecule has 0 bridgehead atoms. The lowest BCUT2D eigenvalue weighted by atomic mass is 10.1. The quantitative estimate of drug-likeness (QED) is 0.647. The Morgan fingerprint density at radius 2 is 1.81 bits per heavy atom. The average Bonchev–Trinajstić information content (AvgIpc) is 2.69. The zero-order valence-corrected chi connectivity index (χ0v) is 15.5. The van der Waals surface area contributed by atoms with Gasteiger partial charge in [-0.05, 0) is 29.8 Å². The van der Waals surface area contributed by atoms with E-state index >= 15 is 0 Å². The second kappa shape index (κ2) is 10.3.